The van der Waals surface area contributed by atoms with Crippen LogP contribution in [0.5, 0.6) is 0 Å². The highest BCUT2D eigenvalue weighted by atomic mass is 16.3. The van der Waals surface area contributed by atoms with Gasteiger partial charge in [0.05, 0.1) is 12.3 Å². The highest BCUT2D eigenvalue weighted by molar-refractivity contribution is 5.05. The Labute approximate surface area is 112 Å². The Morgan fingerprint density at radius 2 is 1.94 bits per heavy atom. The van der Waals surface area contributed by atoms with E-state index in [1.165, 1.54) is 0 Å². The number of rotatable bonds is 7. The molecule has 0 aliphatic carbocycles. The SMILES string of the molecule is CCN(CC)C(CNCC(C)(C)C)c1ccco1. The molecule has 0 aromatic carbocycles. The van der Waals surface area contributed by atoms with E-state index in [1.807, 2.05) is 6.07 Å². The average Bonchev–Trinajstić information content (AvgIpc) is 2.80. The minimum atomic E-state index is 0.316. The first-order chi connectivity index (χ1) is 8.48. The van der Waals surface area contributed by atoms with E-state index in [-0.39, 0.29) is 0 Å². The molecule has 0 amide bonds. The van der Waals surface area contributed by atoms with Gasteiger partial charge in [-0.25, -0.2) is 0 Å². The third-order valence-corrected chi connectivity index (χ3v) is 3.12. The zero-order chi connectivity index (χ0) is 13.6. The fraction of sp³-hybridized carbons (Fsp3) is 0.733. The van der Waals surface area contributed by atoms with E-state index in [1.54, 1.807) is 6.26 Å². The summed E-state index contributed by atoms with van der Waals surface area (Å²) in [6.45, 7) is 15.2. The number of nitrogens with zero attached hydrogens (tertiary/aromatic N) is 1. The molecule has 1 N–H and O–H groups in total. The Balaban J connectivity index is 2.61. The molecule has 0 bridgehead atoms. The summed E-state index contributed by atoms with van der Waals surface area (Å²) >= 11 is 0. The second-order valence-corrected chi connectivity index (χ2v) is 5.94. The molecule has 0 saturated heterocycles. The second kappa shape index (κ2) is 6.95. The van der Waals surface area contributed by atoms with Gasteiger partial charge in [-0.05, 0) is 30.6 Å². The van der Waals surface area contributed by atoms with Crippen LogP contribution in [0.2, 0.25) is 0 Å². The lowest BCUT2D eigenvalue weighted by atomic mass is 9.97. The van der Waals surface area contributed by atoms with E-state index < -0.39 is 0 Å². The first-order valence-electron chi connectivity index (χ1n) is 6.96. The van der Waals surface area contributed by atoms with E-state index >= 15 is 0 Å². The molecule has 3 nitrogen and oxygen atoms in total. The van der Waals surface area contributed by atoms with Crippen LogP contribution in [0.3, 0.4) is 0 Å². The smallest absolute Gasteiger partial charge is 0.122 e. The van der Waals surface area contributed by atoms with Gasteiger partial charge in [0, 0.05) is 13.1 Å². The van der Waals surface area contributed by atoms with Crippen LogP contribution >= 0.6 is 0 Å². The maximum atomic E-state index is 5.58. The second-order valence-electron chi connectivity index (χ2n) is 5.94. The Morgan fingerprint density at radius 3 is 2.39 bits per heavy atom. The van der Waals surface area contributed by atoms with Crippen molar-refractivity contribution in [1.82, 2.24) is 10.2 Å². The number of hydrogen-bond acceptors (Lipinski definition) is 3. The molecule has 0 saturated carbocycles. The van der Waals surface area contributed by atoms with Crippen LogP contribution in [0.25, 0.3) is 0 Å². The van der Waals surface area contributed by atoms with Gasteiger partial charge in [-0.15, -0.1) is 0 Å². The molecule has 18 heavy (non-hydrogen) atoms. The van der Waals surface area contributed by atoms with Crippen molar-refractivity contribution in [2.75, 3.05) is 26.2 Å². The topological polar surface area (TPSA) is 28.4 Å². The maximum Gasteiger partial charge on any atom is 0.122 e. The van der Waals surface area contributed by atoms with Gasteiger partial charge in [0.15, 0.2) is 0 Å². The lowest BCUT2D eigenvalue weighted by Crippen LogP contribution is -2.38. The van der Waals surface area contributed by atoms with Crippen molar-refractivity contribution < 1.29 is 4.42 Å². The quantitative estimate of drug-likeness (QED) is 0.807. The monoisotopic (exact) mass is 252 g/mol. The predicted octanol–water partition coefficient (Wildman–Crippen LogP) is 3.30. The van der Waals surface area contributed by atoms with Crippen LogP contribution in [-0.2, 0) is 0 Å². The Hall–Kier alpha value is -0.800. The summed E-state index contributed by atoms with van der Waals surface area (Å²) in [5.41, 5.74) is 0.316. The van der Waals surface area contributed by atoms with Crippen LogP contribution in [0, 0.1) is 5.41 Å². The van der Waals surface area contributed by atoms with Crippen molar-refractivity contribution in [3.63, 3.8) is 0 Å². The van der Waals surface area contributed by atoms with E-state index in [4.69, 9.17) is 4.42 Å². The maximum absolute atomic E-state index is 5.58. The fourth-order valence-electron chi connectivity index (χ4n) is 2.14. The van der Waals surface area contributed by atoms with Crippen molar-refractivity contribution in [2.24, 2.45) is 5.41 Å². The van der Waals surface area contributed by atoms with Crippen LogP contribution in [0.1, 0.15) is 46.4 Å². The first-order valence-corrected chi connectivity index (χ1v) is 6.96. The van der Waals surface area contributed by atoms with Gasteiger partial charge in [-0.3, -0.25) is 4.90 Å². The Morgan fingerprint density at radius 1 is 1.28 bits per heavy atom. The molecule has 0 fully saturated rings. The Kier molecular flexibility index (Phi) is 5.89. The third-order valence-electron chi connectivity index (χ3n) is 3.12. The zero-order valence-corrected chi connectivity index (χ0v) is 12.5. The molecule has 1 rings (SSSR count). The zero-order valence-electron chi connectivity index (χ0n) is 12.5. The van der Waals surface area contributed by atoms with Crippen LogP contribution < -0.4 is 5.32 Å². The summed E-state index contributed by atoms with van der Waals surface area (Å²) in [6.07, 6.45) is 1.76. The summed E-state index contributed by atoms with van der Waals surface area (Å²) in [6, 6.07) is 4.37. The number of hydrogen-bond donors (Lipinski definition) is 1. The summed E-state index contributed by atoms with van der Waals surface area (Å²) in [5.74, 6) is 1.06. The molecule has 104 valence electrons. The van der Waals surface area contributed by atoms with Crippen molar-refractivity contribution in [3.8, 4) is 0 Å². The Bertz CT molecular complexity index is 310. The van der Waals surface area contributed by atoms with Crippen molar-refractivity contribution in [1.29, 1.82) is 0 Å². The first kappa shape index (κ1) is 15.3. The molecular formula is C15H28N2O. The van der Waals surface area contributed by atoms with Gasteiger partial charge in [-0.1, -0.05) is 34.6 Å². The summed E-state index contributed by atoms with van der Waals surface area (Å²) in [4.78, 5) is 2.43. The highest BCUT2D eigenvalue weighted by Gasteiger charge is 2.21. The van der Waals surface area contributed by atoms with Crippen LogP contribution in [0.15, 0.2) is 22.8 Å². The lowest BCUT2D eigenvalue weighted by Gasteiger charge is -2.29. The molecule has 0 radical (unpaired) electrons. The number of likely N-dealkylation sites (N-methyl/N-ethyl adjacent to an activating group) is 1. The van der Waals surface area contributed by atoms with Crippen molar-refractivity contribution >= 4 is 0 Å². The van der Waals surface area contributed by atoms with Gasteiger partial charge in [-0.2, -0.15) is 0 Å². The summed E-state index contributed by atoms with van der Waals surface area (Å²) in [5, 5.41) is 3.56. The highest BCUT2D eigenvalue weighted by Crippen LogP contribution is 2.20. The molecule has 1 aromatic heterocycles. The van der Waals surface area contributed by atoms with Gasteiger partial charge < -0.3 is 9.73 Å². The van der Waals surface area contributed by atoms with Crippen LogP contribution in [-0.4, -0.2) is 31.1 Å². The summed E-state index contributed by atoms with van der Waals surface area (Å²) < 4.78 is 5.58. The number of nitrogens with one attached hydrogen (secondary N) is 1. The molecule has 1 unspecified atom stereocenters. The van der Waals surface area contributed by atoms with Crippen molar-refractivity contribution in [2.45, 2.75) is 40.7 Å². The van der Waals surface area contributed by atoms with Crippen LogP contribution in [0.4, 0.5) is 0 Å². The average molecular weight is 252 g/mol. The number of furan rings is 1. The molecule has 0 aliphatic rings. The fourth-order valence-corrected chi connectivity index (χ4v) is 2.14. The molecule has 1 aromatic rings. The standard InChI is InChI=1S/C15H28N2O/c1-6-17(7-2)13(14-9-8-10-18-14)11-16-12-15(3,4)5/h8-10,13,16H,6-7,11-12H2,1-5H3. The molecular weight excluding hydrogens is 224 g/mol. The minimum absolute atomic E-state index is 0.316. The predicted molar refractivity (Wildman–Crippen MR) is 76.7 cm³/mol. The molecule has 1 atom stereocenters. The summed E-state index contributed by atoms with van der Waals surface area (Å²) in [7, 11) is 0. The van der Waals surface area contributed by atoms with Gasteiger partial charge in [0.2, 0.25) is 0 Å². The third kappa shape index (κ3) is 4.83. The van der Waals surface area contributed by atoms with Gasteiger partial charge >= 0.3 is 0 Å². The minimum Gasteiger partial charge on any atom is -0.468 e. The molecule has 1 heterocycles. The van der Waals surface area contributed by atoms with Crippen molar-refractivity contribution in [3.05, 3.63) is 24.2 Å². The molecule has 0 aliphatic heterocycles. The molecule has 3 heteroatoms. The normalized spacial score (nSPS) is 14.1. The van der Waals surface area contributed by atoms with E-state index in [9.17, 15) is 0 Å². The molecule has 0 spiro atoms. The van der Waals surface area contributed by atoms with Gasteiger partial charge in [0.1, 0.15) is 5.76 Å². The van der Waals surface area contributed by atoms with E-state index in [0.717, 1.165) is 31.9 Å². The lowest BCUT2D eigenvalue weighted by molar-refractivity contribution is 0.183. The van der Waals surface area contributed by atoms with Gasteiger partial charge in [0.25, 0.3) is 0 Å². The largest absolute Gasteiger partial charge is 0.468 e. The van der Waals surface area contributed by atoms with E-state index in [2.05, 4.69) is 50.9 Å². The van der Waals surface area contributed by atoms with E-state index in [0.29, 0.717) is 11.5 Å².